The quantitative estimate of drug-likeness (QED) is 0.751. The lowest BCUT2D eigenvalue weighted by Crippen LogP contribution is -2.23. The molecule has 1 aromatic rings. The SMILES string of the molecule is Cc1cc(F)ccc1C1CCCCC1O. The molecular weight excluding hydrogens is 191 g/mol. The number of halogens is 1. The zero-order valence-corrected chi connectivity index (χ0v) is 9.04. The van der Waals surface area contributed by atoms with Crippen molar-refractivity contribution in [1.82, 2.24) is 0 Å². The number of aryl methyl sites for hydroxylation is 1. The molecule has 0 spiro atoms. The fourth-order valence-electron chi connectivity index (χ4n) is 2.53. The molecule has 0 saturated heterocycles. The van der Waals surface area contributed by atoms with E-state index in [1.165, 1.54) is 12.5 Å². The Balaban J connectivity index is 2.27. The highest BCUT2D eigenvalue weighted by Crippen LogP contribution is 2.34. The minimum absolute atomic E-state index is 0.193. The number of hydrogen-bond donors (Lipinski definition) is 1. The predicted octanol–water partition coefficient (Wildman–Crippen LogP) is 3.15. The van der Waals surface area contributed by atoms with Crippen LogP contribution >= 0.6 is 0 Å². The van der Waals surface area contributed by atoms with Crippen LogP contribution in [0.5, 0.6) is 0 Å². The number of aliphatic hydroxyl groups is 1. The lowest BCUT2D eigenvalue weighted by atomic mass is 9.80. The normalized spacial score (nSPS) is 26.6. The molecule has 0 bridgehead atoms. The zero-order chi connectivity index (χ0) is 10.8. The first kappa shape index (κ1) is 10.6. The highest BCUT2D eigenvalue weighted by Gasteiger charge is 2.25. The molecule has 1 fully saturated rings. The Hall–Kier alpha value is -0.890. The molecule has 0 aromatic heterocycles. The first-order chi connectivity index (χ1) is 7.18. The van der Waals surface area contributed by atoms with Crippen molar-refractivity contribution in [3.05, 3.63) is 35.1 Å². The zero-order valence-electron chi connectivity index (χ0n) is 9.04. The maximum Gasteiger partial charge on any atom is 0.123 e. The number of benzene rings is 1. The Morgan fingerprint density at radius 1 is 1.27 bits per heavy atom. The molecule has 2 atom stereocenters. The average Bonchev–Trinajstić information content (AvgIpc) is 2.20. The second kappa shape index (κ2) is 4.31. The summed E-state index contributed by atoms with van der Waals surface area (Å²) < 4.78 is 12.9. The monoisotopic (exact) mass is 208 g/mol. The van der Waals surface area contributed by atoms with Crippen molar-refractivity contribution in [2.45, 2.75) is 44.6 Å². The molecule has 0 amide bonds. The highest BCUT2D eigenvalue weighted by atomic mass is 19.1. The van der Waals surface area contributed by atoms with Gasteiger partial charge in [-0.1, -0.05) is 18.9 Å². The topological polar surface area (TPSA) is 20.2 Å². The van der Waals surface area contributed by atoms with Gasteiger partial charge < -0.3 is 5.11 Å². The summed E-state index contributed by atoms with van der Waals surface area (Å²) >= 11 is 0. The van der Waals surface area contributed by atoms with Crippen molar-refractivity contribution in [3.63, 3.8) is 0 Å². The molecular formula is C13H17FO. The van der Waals surface area contributed by atoms with Gasteiger partial charge in [0, 0.05) is 5.92 Å². The van der Waals surface area contributed by atoms with Crippen molar-refractivity contribution < 1.29 is 9.50 Å². The van der Waals surface area contributed by atoms with Crippen LogP contribution in [0.2, 0.25) is 0 Å². The van der Waals surface area contributed by atoms with E-state index in [2.05, 4.69) is 0 Å². The van der Waals surface area contributed by atoms with Crippen molar-refractivity contribution in [3.8, 4) is 0 Å². The van der Waals surface area contributed by atoms with Crippen LogP contribution in [0.3, 0.4) is 0 Å². The van der Waals surface area contributed by atoms with Crippen LogP contribution in [0.25, 0.3) is 0 Å². The van der Waals surface area contributed by atoms with Gasteiger partial charge in [-0.15, -0.1) is 0 Å². The fourth-order valence-corrected chi connectivity index (χ4v) is 2.53. The maximum absolute atomic E-state index is 12.9. The van der Waals surface area contributed by atoms with Crippen LogP contribution in [-0.2, 0) is 0 Å². The standard InChI is InChI=1S/C13H17FO/c1-9-8-10(14)6-7-11(9)12-4-2-3-5-13(12)15/h6-8,12-13,15H,2-5H2,1H3. The molecule has 1 aliphatic carbocycles. The van der Waals surface area contributed by atoms with E-state index in [0.717, 1.165) is 30.4 Å². The second-order valence-electron chi connectivity index (χ2n) is 4.46. The van der Waals surface area contributed by atoms with Crippen molar-refractivity contribution in [1.29, 1.82) is 0 Å². The molecule has 0 radical (unpaired) electrons. The van der Waals surface area contributed by atoms with E-state index in [0.29, 0.717) is 0 Å². The van der Waals surface area contributed by atoms with Gasteiger partial charge in [0.1, 0.15) is 5.82 Å². The van der Waals surface area contributed by atoms with Crippen LogP contribution < -0.4 is 0 Å². The van der Waals surface area contributed by atoms with Gasteiger partial charge in [0.05, 0.1) is 6.10 Å². The highest BCUT2D eigenvalue weighted by molar-refractivity contribution is 5.31. The molecule has 0 aliphatic heterocycles. The molecule has 1 N–H and O–H groups in total. The molecule has 0 heterocycles. The van der Waals surface area contributed by atoms with Crippen molar-refractivity contribution in [2.75, 3.05) is 0 Å². The molecule has 82 valence electrons. The minimum Gasteiger partial charge on any atom is -0.392 e. The summed E-state index contributed by atoms with van der Waals surface area (Å²) in [6.07, 6.45) is 3.92. The van der Waals surface area contributed by atoms with Crippen molar-refractivity contribution in [2.24, 2.45) is 0 Å². The smallest absolute Gasteiger partial charge is 0.123 e. The Bertz CT molecular complexity index is 348. The van der Waals surface area contributed by atoms with Crippen LogP contribution in [0.15, 0.2) is 18.2 Å². The largest absolute Gasteiger partial charge is 0.392 e. The maximum atomic E-state index is 12.9. The molecule has 1 aliphatic rings. The van der Waals surface area contributed by atoms with E-state index in [9.17, 15) is 9.50 Å². The Morgan fingerprint density at radius 2 is 2.00 bits per heavy atom. The van der Waals surface area contributed by atoms with E-state index >= 15 is 0 Å². The summed E-state index contributed by atoms with van der Waals surface area (Å²) in [4.78, 5) is 0. The van der Waals surface area contributed by atoms with Gasteiger partial charge in [0.15, 0.2) is 0 Å². The molecule has 2 heteroatoms. The van der Waals surface area contributed by atoms with E-state index in [1.54, 1.807) is 6.07 Å². The first-order valence-corrected chi connectivity index (χ1v) is 5.62. The fraction of sp³-hybridized carbons (Fsp3) is 0.538. The Labute approximate surface area is 89.9 Å². The van der Waals surface area contributed by atoms with Gasteiger partial charge in [-0.25, -0.2) is 4.39 Å². The summed E-state index contributed by atoms with van der Waals surface area (Å²) in [5.41, 5.74) is 2.07. The van der Waals surface area contributed by atoms with Crippen LogP contribution in [0.1, 0.15) is 42.7 Å². The molecule has 1 aromatic carbocycles. The summed E-state index contributed by atoms with van der Waals surface area (Å²) in [6.45, 7) is 1.92. The first-order valence-electron chi connectivity index (χ1n) is 5.62. The van der Waals surface area contributed by atoms with Gasteiger partial charge in [0.2, 0.25) is 0 Å². The van der Waals surface area contributed by atoms with E-state index in [4.69, 9.17) is 0 Å². The summed E-state index contributed by atoms with van der Waals surface area (Å²) in [6, 6.07) is 4.87. The molecule has 2 rings (SSSR count). The van der Waals surface area contributed by atoms with E-state index in [1.807, 2.05) is 13.0 Å². The molecule has 15 heavy (non-hydrogen) atoms. The van der Waals surface area contributed by atoms with Gasteiger partial charge >= 0.3 is 0 Å². The average molecular weight is 208 g/mol. The van der Waals surface area contributed by atoms with E-state index < -0.39 is 0 Å². The van der Waals surface area contributed by atoms with Crippen LogP contribution in [0.4, 0.5) is 4.39 Å². The summed E-state index contributed by atoms with van der Waals surface area (Å²) in [7, 11) is 0. The van der Waals surface area contributed by atoms with E-state index in [-0.39, 0.29) is 17.8 Å². The third-order valence-electron chi connectivity index (χ3n) is 3.36. The van der Waals surface area contributed by atoms with Gasteiger partial charge in [-0.05, 0) is 43.0 Å². The number of rotatable bonds is 1. The lowest BCUT2D eigenvalue weighted by molar-refractivity contribution is 0.106. The molecule has 2 unspecified atom stereocenters. The van der Waals surface area contributed by atoms with Crippen LogP contribution in [-0.4, -0.2) is 11.2 Å². The van der Waals surface area contributed by atoms with Gasteiger partial charge in [0.25, 0.3) is 0 Å². The second-order valence-corrected chi connectivity index (χ2v) is 4.46. The summed E-state index contributed by atoms with van der Waals surface area (Å²) in [5.74, 6) is 0.0147. The molecule has 1 nitrogen and oxygen atoms in total. The van der Waals surface area contributed by atoms with Crippen molar-refractivity contribution >= 4 is 0 Å². The lowest BCUT2D eigenvalue weighted by Gasteiger charge is -2.29. The third kappa shape index (κ3) is 2.20. The number of aliphatic hydroxyl groups excluding tert-OH is 1. The summed E-state index contributed by atoms with van der Waals surface area (Å²) in [5, 5.41) is 9.92. The minimum atomic E-state index is -0.247. The van der Waals surface area contributed by atoms with Gasteiger partial charge in [-0.3, -0.25) is 0 Å². The Kier molecular flexibility index (Phi) is 3.06. The number of hydrogen-bond acceptors (Lipinski definition) is 1. The van der Waals surface area contributed by atoms with Gasteiger partial charge in [-0.2, -0.15) is 0 Å². The third-order valence-corrected chi connectivity index (χ3v) is 3.36. The van der Waals surface area contributed by atoms with Crippen LogP contribution in [0, 0.1) is 12.7 Å². The predicted molar refractivity (Wildman–Crippen MR) is 58.4 cm³/mol. The molecule has 1 saturated carbocycles. The Morgan fingerprint density at radius 3 is 2.67 bits per heavy atom.